The lowest BCUT2D eigenvalue weighted by atomic mass is 9.97. The lowest BCUT2D eigenvalue weighted by Crippen LogP contribution is -1.98. The Bertz CT molecular complexity index is 906. The Morgan fingerprint density at radius 3 is 2.12 bits per heavy atom. The van der Waals surface area contributed by atoms with Gasteiger partial charge in [0.05, 0.1) is 6.61 Å². The summed E-state index contributed by atoms with van der Waals surface area (Å²) in [6, 6.07) is 15.5. The van der Waals surface area contributed by atoms with Crippen LogP contribution in [0.1, 0.15) is 90.0 Å². The molecule has 0 aliphatic heterocycles. The summed E-state index contributed by atoms with van der Waals surface area (Å²) in [5.41, 5.74) is 6.73. The molecule has 0 radical (unpaired) electrons. The molecule has 0 amide bonds. The Labute approximate surface area is 204 Å². The molecule has 3 nitrogen and oxygen atoms in total. The SMILES string of the molecule is CCCCCCCCOc1ccc(-c2ccc(CCCCCCC)cc2)c(-c2nncs2)c1. The number of aromatic nitrogens is 2. The van der Waals surface area contributed by atoms with E-state index in [0.717, 1.165) is 29.3 Å². The molecule has 4 heteroatoms. The number of aryl methyl sites for hydroxylation is 1. The summed E-state index contributed by atoms with van der Waals surface area (Å²) in [5.74, 6) is 0.918. The van der Waals surface area contributed by atoms with Crippen LogP contribution in [0, 0.1) is 0 Å². The van der Waals surface area contributed by atoms with Crippen LogP contribution in [0.4, 0.5) is 0 Å². The van der Waals surface area contributed by atoms with Crippen LogP contribution in [-0.4, -0.2) is 16.8 Å². The molecule has 1 heterocycles. The minimum absolute atomic E-state index is 0.772. The monoisotopic (exact) mass is 464 g/mol. The van der Waals surface area contributed by atoms with Crippen molar-refractivity contribution in [1.82, 2.24) is 10.2 Å². The van der Waals surface area contributed by atoms with E-state index in [1.165, 1.54) is 87.3 Å². The minimum Gasteiger partial charge on any atom is -0.494 e. The molecule has 1 aromatic heterocycles. The Morgan fingerprint density at radius 2 is 1.42 bits per heavy atom. The van der Waals surface area contributed by atoms with Gasteiger partial charge in [0.15, 0.2) is 0 Å². The molecule has 0 bridgehead atoms. The first-order valence-electron chi connectivity index (χ1n) is 12.9. The Balaban J connectivity index is 1.63. The first-order chi connectivity index (χ1) is 16.3. The van der Waals surface area contributed by atoms with Gasteiger partial charge in [-0.2, -0.15) is 0 Å². The molecule has 0 aliphatic rings. The Kier molecular flexibility index (Phi) is 11.4. The third-order valence-corrected chi connectivity index (χ3v) is 6.91. The molecule has 0 N–H and O–H groups in total. The van der Waals surface area contributed by atoms with Crippen LogP contribution in [0.3, 0.4) is 0 Å². The first kappa shape index (κ1) is 25.4. The lowest BCUT2D eigenvalue weighted by molar-refractivity contribution is 0.304. The van der Waals surface area contributed by atoms with E-state index >= 15 is 0 Å². The number of unbranched alkanes of at least 4 members (excludes halogenated alkanes) is 9. The van der Waals surface area contributed by atoms with E-state index < -0.39 is 0 Å². The van der Waals surface area contributed by atoms with E-state index in [1.807, 2.05) is 0 Å². The van der Waals surface area contributed by atoms with E-state index in [4.69, 9.17) is 4.74 Å². The number of benzene rings is 2. The lowest BCUT2D eigenvalue weighted by Gasteiger charge is -2.12. The van der Waals surface area contributed by atoms with Gasteiger partial charge in [0.1, 0.15) is 16.3 Å². The largest absolute Gasteiger partial charge is 0.494 e. The first-order valence-corrected chi connectivity index (χ1v) is 13.8. The summed E-state index contributed by atoms with van der Waals surface area (Å²) in [7, 11) is 0. The fraction of sp³-hybridized carbons (Fsp3) is 0.517. The summed E-state index contributed by atoms with van der Waals surface area (Å²) < 4.78 is 6.09. The second-order valence-electron chi connectivity index (χ2n) is 8.93. The van der Waals surface area contributed by atoms with Crippen LogP contribution in [0.2, 0.25) is 0 Å². The van der Waals surface area contributed by atoms with Crippen LogP contribution in [0.15, 0.2) is 48.0 Å². The number of rotatable bonds is 16. The highest BCUT2D eigenvalue weighted by Crippen LogP contribution is 2.36. The molecular weight excluding hydrogens is 424 g/mol. The predicted octanol–water partition coefficient (Wildman–Crippen LogP) is 9.12. The average Bonchev–Trinajstić information content (AvgIpc) is 3.39. The fourth-order valence-electron chi connectivity index (χ4n) is 4.19. The third kappa shape index (κ3) is 8.58. The molecule has 33 heavy (non-hydrogen) atoms. The van der Waals surface area contributed by atoms with Gasteiger partial charge in [0.25, 0.3) is 0 Å². The Hall–Kier alpha value is -2.20. The number of hydrogen-bond acceptors (Lipinski definition) is 4. The topological polar surface area (TPSA) is 35.0 Å². The second-order valence-corrected chi connectivity index (χ2v) is 9.76. The van der Waals surface area contributed by atoms with E-state index in [0.29, 0.717) is 0 Å². The van der Waals surface area contributed by atoms with Gasteiger partial charge < -0.3 is 4.74 Å². The highest BCUT2D eigenvalue weighted by molar-refractivity contribution is 7.12. The maximum atomic E-state index is 6.09. The van der Waals surface area contributed by atoms with Crippen molar-refractivity contribution in [3.63, 3.8) is 0 Å². The number of hydrogen-bond donors (Lipinski definition) is 0. The summed E-state index contributed by atoms with van der Waals surface area (Å²) in [5, 5.41) is 9.36. The smallest absolute Gasteiger partial charge is 0.148 e. The zero-order valence-electron chi connectivity index (χ0n) is 20.5. The molecule has 3 rings (SSSR count). The fourth-order valence-corrected chi connectivity index (χ4v) is 4.77. The van der Waals surface area contributed by atoms with Gasteiger partial charge >= 0.3 is 0 Å². The van der Waals surface area contributed by atoms with Gasteiger partial charge in [-0.3, -0.25) is 0 Å². The second kappa shape index (κ2) is 14.8. The van der Waals surface area contributed by atoms with Crippen molar-refractivity contribution in [3.05, 3.63) is 53.5 Å². The van der Waals surface area contributed by atoms with Crippen molar-refractivity contribution in [2.75, 3.05) is 6.61 Å². The van der Waals surface area contributed by atoms with Gasteiger partial charge in [-0.15, -0.1) is 10.2 Å². The van der Waals surface area contributed by atoms with Gasteiger partial charge in [-0.05, 0) is 54.2 Å². The predicted molar refractivity (Wildman–Crippen MR) is 142 cm³/mol. The zero-order valence-corrected chi connectivity index (χ0v) is 21.3. The van der Waals surface area contributed by atoms with Crippen molar-refractivity contribution < 1.29 is 4.74 Å². The van der Waals surface area contributed by atoms with Crippen molar-refractivity contribution >= 4 is 11.3 Å². The van der Waals surface area contributed by atoms with Crippen molar-refractivity contribution in [1.29, 1.82) is 0 Å². The van der Waals surface area contributed by atoms with E-state index in [2.05, 4.69) is 66.5 Å². The molecule has 2 aromatic carbocycles. The normalized spacial score (nSPS) is 11.1. The highest BCUT2D eigenvalue weighted by Gasteiger charge is 2.12. The van der Waals surface area contributed by atoms with Gasteiger partial charge in [0.2, 0.25) is 0 Å². The maximum absolute atomic E-state index is 6.09. The summed E-state index contributed by atoms with van der Waals surface area (Å²) in [4.78, 5) is 0. The molecule has 0 fully saturated rings. The Morgan fingerprint density at radius 1 is 0.727 bits per heavy atom. The standard InChI is InChI=1S/C29H40N2OS/c1-3-5-7-9-11-13-21-32-26-19-20-27(28(22-26)29-31-30-23-33-29)25-17-15-24(16-18-25)14-12-10-8-6-4-2/h15-20,22-23H,3-14,21H2,1-2H3. The summed E-state index contributed by atoms with van der Waals surface area (Å²) in [6.45, 7) is 5.29. The minimum atomic E-state index is 0.772. The van der Waals surface area contributed by atoms with Crippen LogP contribution in [0.5, 0.6) is 5.75 Å². The maximum Gasteiger partial charge on any atom is 0.148 e. The van der Waals surface area contributed by atoms with Crippen molar-refractivity contribution in [3.8, 4) is 27.4 Å². The number of nitrogens with zero attached hydrogens (tertiary/aromatic N) is 2. The van der Waals surface area contributed by atoms with E-state index in [-0.39, 0.29) is 0 Å². The van der Waals surface area contributed by atoms with Crippen LogP contribution < -0.4 is 4.74 Å². The molecule has 0 saturated carbocycles. The van der Waals surface area contributed by atoms with Gasteiger partial charge in [-0.25, -0.2) is 0 Å². The quantitative estimate of drug-likeness (QED) is 0.198. The van der Waals surface area contributed by atoms with Crippen molar-refractivity contribution in [2.45, 2.75) is 90.9 Å². The summed E-state index contributed by atoms with van der Waals surface area (Å²) >= 11 is 1.58. The molecule has 0 atom stereocenters. The molecule has 0 unspecified atom stereocenters. The molecule has 0 aliphatic carbocycles. The molecule has 0 saturated heterocycles. The van der Waals surface area contributed by atoms with E-state index in [9.17, 15) is 0 Å². The van der Waals surface area contributed by atoms with Crippen LogP contribution >= 0.6 is 11.3 Å². The van der Waals surface area contributed by atoms with Crippen LogP contribution in [0.25, 0.3) is 21.7 Å². The van der Waals surface area contributed by atoms with Crippen molar-refractivity contribution in [2.24, 2.45) is 0 Å². The van der Waals surface area contributed by atoms with Crippen LogP contribution in [-0.2, 0) is 6.42 Å². The molecule has 3 aromatic rings. The molecule has 178 valence electrons. The number of ether oxygens (including phenoxy) is 1. The highest BCUT2D eigenvalue weighted by atomic mass is 32.1. The van der Waals surface area contributed by atoms with Gasteiger partial charge in [-0.1, -0.05) is 107 Å². The molecular formula is C29H40N2OS. The summed E-state index contributed by atoms with van der Waals surface area (Å²) in [6.07, 6.45) is 15.4. The van der Waals surface area contributed by atoms with E-state index in [1.54, 1.807) is 16.8 Å². The molecule has 0 spiro atoms. The third-order valence-electron chi connectivity index (χ3n) is 6.18. The zero-order chi connectivity index (χ0) is 23.1. The average molecular weight is 465 g/mol. The van der Waals surface area contributed by atoms with Gasteiger partial charge in [0, 0.05) is 5.56 Å².